The number of carbonyl (C=O) groups excluding carboxylic acids is 1. The number of piperidine rings is 1. The Morgan fingerprint density at radius 1 is 1.10 bits per heavy atom. The van der Waals surface area contributed by atoms with Crippen LogP contribution >= 0.6 is 11.6 Å². The number of carbonyl (C=O) groups is 1. The van der Waals surface area contributed by atoms with Gasteiger partial charge >= 0.3 is 6.18 Å². The monoisotopic (exact) mass is 464 g/mol. The van der Waals surface area contributed by atoms with Crippen LogP contribution < -0.4 is 5.32 Å². The Morgan fingerprint density at radius 2 is 1.77 bits per heavy atom. The van der Waals surface area contributed by atoms with Gasteiger partial charge < -0.3 is 5.32 Å². The molecule has 0 atom stereocenters. The number of benzene rings is 2. The predicted molar refractivity (Wildman–Crippen MR) is 103 cm³/mol. The molecule has 0 aromatic heterocycles. The number of alkyl halides is 3. The van der Waals surface area contributed by atoms with E-state index in [2.05, 4.69) is 5.32 Å². The highest BCUT2D eigenvalue weighted by Crippen LogP contribution is 2.32. The second-order valence-electron chi connectivity index (χ2n) is 6.82. The molecule has 0 saturated carbocycles. The summed E-state index contributed by atoms with van der Waals surface area (Å²) >= 11 is 5.79. The summed E-state index contributed by atoms with van der Waals surface area (Å²) in [6, 6.07) is 7.25. The maximum Gasteiger partial charge on any atom is 0.416 e. The van der Waals surface area contributed by atoms with Crippen LogP contribution in [0.15, 0.2) is 47.4 Å². The zero-order chi connectivity index (χ0) is 22.1. The molecule has 3 rings (SSSR count). The van der Waals surface area contributed by atoms with E-state index in [1.54, 1.807) is 0 Å². The van der Waals surface area contributed by atoms with Gasteiger partial charge in [-0.1, -0.05) is 17.7 Å². The first-order chi connectivity index (χ1) is 14.0. The Kier molecular flexibility index (Phi) is 6.40. The van der Waals surface area contributed by atoms with Crippen LogP contribution in [0.25, 0.3) is 0 Å². The molecule has 1 fully saturated rings. The summed E-state index contributed by atoms with van der Waals surface area (Å²) in [5.41, 5.74) is -1.13. The Hall–Kier alpha value is -2.17. The van der Waals surface area contributed by atoms with Crippen LogP contribution in [0, 0.1) is 11.7 Å². The Bertz CT molecular complexity index is 1050. The van der Waals surface area contributed by atoms with Gasteiger partial charge in [0.1, 0.15) is 5.82 Å². The molecule has 5 nitrogen and oxygen atoms in total. The van der Waals surface area contributed by atoms with Gasteiger partial charge in [0.15, 0.2) is 0 Å². The van der Waals surface area contributed by atoms with Gasteiger partial charge in [-0.05, 0) is 49.2 Å². The van der Waals surface area contributed by atoms with Crippen molar-refractivity contribution < 1.29 is 30.8 Å². The van der Waals surface area contributed by atoms with E-state index in [0.29, 0.717) is 6.07 Å². The standard InChI is InChI=1S/C19H17ClF4N2O3S/c20-14-4-5-16(21)17(11-14)25-18(27)12-6-8-26(9-7-12)30(28,29)15-3-1-2-13(10-15)19(22,23)24/h1-5,10-12H,6-9H2,(H,25,27). The maximum atomic E-state index is 13.8. The second kappa shape index (κ2) is 8.52. The number of nitrogens with zero attached hydrogens (tertiary/aromatic N) is 1. The van der Waals surface area contributed by atoms with Gasteiger partial charge in [-0.25, -0.2) is 12.8 Å². The van der Waals surface area contributed by atoms with E-state index in [1.165, 1.54) is 12.1 Å². The van der Waals surface area contributed by atoms with Crippen molar-refractivity contribution in [1.29, 1.82) is 0 Å². The molecule has 0 bridgehead atoms. The molecule has 11 heteroatoms. The van der Waals surface area contributed by atoms with Crippen molar-refractivity contribution in [3.05, 3.63) is 58.9 Å². The van der Waals surface area contributed by atoms with E-state index < -0.39 is 44.3 Å². The van der Waals surface area contributed by atoms with Crippen molar-refractivity contribution in [3.63, 3.8) is 0 Å². The van der Waals surface area contributed by atoms with Gasteiger partial charge in [0, 0.05) is 24.0 Å². The fraction of sp³-hybridized carbons (Fsp3) is 0.316. The largest absolute Gasteiger partial charge is 0.416 e. The molecule has 1 aliphatic heterocycles. The summed E-state index contributed by atoms with van der Waals surface area (Å²) in [4.78, 5) is 11.9. The number of hydrogen-bond donors (Lipinski definition) is 1. The summed E-state index contributed by atoms with van der Waals surface area (Å²) in [5, 5.41) is 2.68. The number of sulfonamides is 1. The van der Waals surface area contributed by atoms with E-state index in [1.807, 2.05) is 0 Å². The van der Waals surface area contributed by atoms with Crippen LogP contribution in [-0.2, 0) is 21.0 Å². The third kappa shape index (κ3) is 4.93. The quantitative estimate of drug-likeness (QED) is 0.676. The van der Waals surface area contributed by atoms with Crippen molar-refractivity contribution in [3.8, 4) is 0 Å². The molecule has 1 N–H and O–H groups in total. The van der Waals surface area contributed by atoms with Crippen molar-refractivity contribution in [2.45, 2.75) is 23.9 Å². The Morgan fingerprint density at radius 3 is 2.40 bits per heavy atom. The Balaban J connectivity index is 1.67. The molecule has 162 valence electrons. The lowest BCUT2D eigenvalue weighted by atomic mass is 9.97. The van der Waals surface area contributed by atoms with E-state index in [9.17, 15) is 30.8 Å². The number of hydrogen-bond acceptors (Lipinski definition) is 3. The summed E-state index contributed by atoms with van der Waals surface area (Å²) in [6.45, 7) is -0.0939. The molecule has 1 heterocycles. The molecule has 0 aliphatic carbocycles. The van der Waals surface area contributed by atoms with Gasteiger partial charge in [-0.2, -0.15) is 17.5 Å². The smallest absolute Gasteiger partial charge is 0.323 e. The molecule has 30 heavy (non-hydrogen) atoms. The summed E-state index contributed by atoms with van der Waals surface area (Å²) in [6.07, 6.45) is -4.37. The first-order valence-electron chi connectivity index (χ1n) is 8.92. The molecule has 1 saturated heterocycles. The van der Waals surface area contributed by atoms with Crippen LogP contribution in [0.2, 0.25) is 5.02 Å². The maximum absolute atomic E-state index is 13.8. The molecule has 2 aromatic carbocycles. The van der Waals surface area contributed by atoms with Crippen LogP contribution in [0.3, 0.4) is 0 Å². The van der Waals surface area contributed by atoms with Crippen molar-refractivity contribution >= 4 is 33.2 Å². The average Bonchev–Trinajstić information content (AvgIpc) is 2.70. The topological polar surface area (TPSA) is 66.5 Å². The van der Waals surface area contributed by atoms with Crippen molar-refractivity contribution in [1.82, 2.24) is 4.31 Å². The molecular weight excluding hydrogens is 448 g/mol. The van der Waals surface area contributed by atoms with Crippen LogP contribution in [-0.4, -0.2) is 31.7 Å². The number of anilines is 1. The zero-order valence-corrected chi connectivity index (χ0v) is 17.0. The van der Waals surface area contributed by atoms with Crippen molar-refractivity contribution in [2.24, 2.45) is 5.92 Å². The lowest BCUT2D eigenvalue weighted by Gasteiger charge is -2.30. The number of nitrogens with one attached hydrogen (secondary N) is 1. The second-order valence-corrected chi connectivity index (χ2v) is 9.19. The third-order valence-electron chi connectivity index (χ3n) is 4.81. The molecule has 0 unspecified atom stereocenters. The number of halogens is 5. The van der Waals surface area contributed by atoms with Gasteiger partial charge in [0.2, 0.25) is 15.9 Å². The fourth-order valence-electron chi connectivity index (χ4n) is 3.17. The lowest BCUT2D eigenvalue weighted by molar-refractivity contribution is -0.137. The molecule has 1 aliphatic rings. The molecular formula is C19H17ClF4N2O3S. The number of rotatable bonds is 4. The van der Waals surface area contributed by atoms with Crippen LogP contribution in [0.4, 0.5) is 23.2 Å². The highest BCUT2D eigenvalue weighted by atomic mass is 35.5. The minimum Gasteiger partial charge on any atom is -0.323 e. The van der Waals surface area contributed by atoms with Gasteiger partial charge in [0.05, 0.1) is 16.1 Å². The highest BCUT2D eigenvalue weighted by molar-refractivity contribution is 7.89. The van der Waals surface area contributed by atoms with Crippen molar-refractivity contribution in [2.75, 3.05) is 18.4 Å². The molecule has 1 amide bonds. The lowest BCUT2D eigenvalue weighted by Crippen LogP contribution is -2.41. The zero-order valence-electron chi connectivity index (χ0n) is 15.4. The van der Waals surface area contributed by atoms with Gasteiger partial charge in [0.25, 0.3) is 0 Å². The van der Waals surface area contributed by atoms with E-state index in [-0.39, 0.29) is 36.6 Å². The van der Waals surface area contributed by atoms with Gasteiger partial charge in [-0.15, -0.1) is 0 Å². The molecule has 0 spiro atoms. The highest BCUT2D eigenvalue weighted by Gasteiger charge is 2.35. The first-order valence-corrected chi connectivity index (χ1v) is 10.7. The normalized spacial score (nSPS) is 16.4. The third-order valence-corrected chi connectivity index (χ3v) is 6.94. The summed E-state index contributed by atoms with van der Waals surface area (Å²) < 4.78 is 78.9. The van der Waals surface area contributed by atoms with E-state index in [4.69, 9.17) is 11.6 Å². The minimum absolute atomic E-state index is 0.0469. The SMILES string of the molecule is O=C(Nc1cc(Cl)ccc1F)C1CCN(S(=O)(=O)c2cccc(C(F)(F)F)c2)CC1. The number of amides is 1. The molecule has 2 aromatic rings. The Labute approximate surface area is 175 Å². The van der Waals surface area contributed by atoms with E-state index in [0.717, 1.165) is 28.6 Å². The molecule has 0 radical (unpaired) electrons. The van der Waals surface area contributed by atoms with Gasteiger partial charge in [-0.3, -0.25) is 4.79 Å². The summed E-state index contributed by atoms with van der Waals surface area (Å²) in [5.74, 6) is -1.71. The summed E-state index contributed by atoms with van der Waals surface area (Å²) in [7, 11) is -4.14. The predicted octanol–water partition coefficient (Wildman–Crippen LogP) is 4.54. The van der Waals surface area contributed by atoms with Crippen LogP contribution in [0.5, 0.6) is 0 Å². The fourth-order valence-corrected chi connectivity index (χ4v) is 4.86. The minimum atomic E-state index is -4.66. The van der Waals surface area contributed by atoms with E-state index >= 15 is 0 Å². The van der Waals surface area contributed by atoms with Crippen LogP contribution in [0.1, 0.15) is 18.4 Å². The average molecular weight is 465 g/mol. The first kappa shape index (κ1) is 22.5.